The second-order valence-corrected chi connectivity index (χ2v) is 3.91. The van der Waals surface area contributed by atoms with Crippen LogP contribution < -0.4 is 9.32 Å². The minimum atomic E-state index is -4.25. The molecule has 7 nitrogen and oxygen atoms in total. The fraction of sp³-hybridized carbons (Fsp3) is 0.143. The Bertz CT molecular complexity index is 496. The molecule has 1 rings (SSSR count). The van der Waals surface area contributed by atoms with Crippen LogP contribution >= 0.6 is 0 Å². The molecule has 0 radical (unpaired) electrons. The molecule has 0 atom stereocenters. The standard InChI is InChI=1S/C7H8N2O5S/c1-5-3-2-4-6(7(5)9(10)11)14-15(8,12)13/h2-4H,1H3,(H2,8,12,13). The largest absolute Gasteiger partial charge is 0.380 e. The molecule has 1 aromatic rings. The van der Waals surface area contributed by atoms with E-state index < -0.39 is 20.9 Å². The maximum absolute atomic E-state index is 10.6. The van der Waals surface area contributed by atoms with Gasteiger partial charge in [0.15, 0.2) is 0 Å². The summed E-state index contributed by atoms with van der Waals surface area (Å²) in [6.45, 7) is 1.47. The molecule has 0 fully saturated rings. The van der Waals surface area contributed by atoms with Gasteiger partial charge in [0.2, 0.25) is 5.75 Å². The molecule has 0 saturated carbocycles. The van der Waals surface area contributed by atoms with E-state index in [1.807, 2.05) is 0 Å². The summed E-state index contributed by atoms with van der Waals surface area (Å²) in [4.78, 5) is 9.89. The number of nitrogens with two attached hydrogens (primary N) is 1. The Labute approximate surface area is 85.9 Å². The molecule has 82 valence electrons. The van der Waals surface area contributed by atoms with Gasteiger partial charge in [-0.2, -0.15) is 13.6 Å². The third-order valence-corrected chi connectivity index (χ3v) is 2.00. The quantitative estimate of drug-likeness (QED) is 0.601. The van der Waals surface area contributed by atoms with Gasteiger partial charge < -0.3 is 4.18 Å². The number of nitrogens with zero attached hydrogens (tertiary/aromatic N) is 1. The number of nitro groups is 1. The Morgan fingerprint density at radius 2 is 2.07 bits per heavy atom. The van der Waals surface area contributed by atoms with Crippen LogP contribution in [0.1, 0.15) is 5.56 Å². The Morgan fingerprint density at radius 3 is 2.53 bits per heavy atom. The average molecular weight is 232 g/mol. The molecule has 0 aromatic heterocycles. The SMILES string of the molecule is Cc1cccc(OS(N)(=O)=O)c1[N+](=O)[O-]. The topological polar surface area (TPSA) is 113 Å². The molecule has 0 aliphatic heterocycles. The number of benzene rings is 1. The van der Waals surface area contributed by atoms with E-state index in [2.05, 4.69) is 9.32 Å². The van der Waals surface area contributed by atoms with Gasteiger partial charge in [0, 0.05) is 5.56 Å². The first-order chi connectivity index (χ1) is 6.81. The summed E-state index contributed by atoms with van der Waals surface area (Å²) in [5.41, 5.74) is -0.118. The highest BCUT2D eigenvalue weighted by Gasteiger charge is 2.21. The first-order valence-electron chi connectivity index (χ1n) is 3.77. The molecule has 0 unspecified atom stereocenters. The minimum Gasteiger partial charge on any atom is -0.364 e. The van der Waals surface area contributed by atoms with Gasteiger partial charge in [0.05, 0.1) is 4.92 Å². The van der Waals surface area contributed by atoms with Crippen LogP contribution in [0, 0.1) is 17.0 Å². The Morgan fingerprint density at radius 1 is 1.47 bits per heavy atom. The molecule has 0 bridgehead atoms. The summed E-state index contributed by atoms with van der Waals surface area (Å²) in [6, 6.07) is 4.06. The van der Waals surface area contributed by atoms with Crippen molar-refractivity contribution in [1.29, 1.82) is 0 Å². The third-order valence-electron chi connectivity index (χ3n) is 1.59. The zero-order chi connectivity index (χ0) is 11.6. The van der Waals surface area contributed by atoms with Gasteiger partial charge in [-0.1, -0.05) is 12.1 Å². The molecule has 2 N–H and O–H groups in total. The second-order valence-electron chi connectivity index (χ2n) is 2.75. The molecular weight excluding hydrogens is 224 g/mol. The summed E-state index contributed by atoms with van der Waals surface area (Å²) < 4.78 is 25.5. The molecule has 1 aromatic carbocycles. The monoisotopic (exact) mass is 232 g/mol. The lowest BCUT2D eigenvalue weighted by molar-refractivity contribution is -0.386. The van der Waals surface area contributed by atoms with Crippen LogP contribution in [0.2, 0.25) is 0 Å². The van der Waals surface area contributed by atoms with Gasteiger partial charge in [0.25, 0.3) is 0 Å². The van der Waals surface area contributed by atoms with Gasteiger partial charge in [-0.25, -0.2) is 0 Å². The number of aryl methyl sites for hydroxylation is 1. The van der Waals surface area contributed by atoms with Crippen molar-refractivity contribution in [3.8, 4) is 5.75 Å². The van der Waals surface area contributed by atoms with Gasteiger partial charge in [-0.05, 0) is 13.0 Å². The lowest BCUT2D eigenvalue weighted by Crippen LogP contribution is -2.19. The molecule has 15 heavy (non-hydrogen) atoms. The van der Waals surface area contributed by atoms with Crippen molar-refractivity contribution in [2.24, 2.45) is 5.14 Å². The van der Waals surface area contributed by atoms with Crippen LogP contribution in [0.5, 0.6) is 5.75 Å². The van der Waals surface area contributed by atoms with Crippen molar-refractivity contribution in [2.75, 3.05) is 0 Å². The smallest absolute Gasteiger partial charge is 0.364 e. The number of rotatable bonds is 3. The van der Waals surface area contributed by atoms with Crippen LogP contribution in [0.3, 0.4) is 0 Å². The molecule has 0 amide bonds. The highest BCUT2D eigenvalue weighted by Crippen LogP contribution is 2.30. The summed E-state index contributed by atoms with van der Waals surface area (Å²) >= 11 is 0. The number of hydrogen-bond acceptors (Lipinski definition) is 5. The second kappa shape index (κ2) is 3.83. The van der Waals surface area contributed by atoms with E-state index >= 15 is 0 Å². The minimum absolute atomic E-state index is 0.293. The Hall–Kier alpha value is -1.67. The fourth-order valence-corrected chi connectivity index (χ4v) is 1.44. The zero-order valence-corrected chi connectivity index (χ0v) is 8.52. The van der Waals surface area contributed by atoms with Crippen molar-refractivity contribution >= 4 is 16.0 Å². The van der Waals surface area contributed by atoms with E-state index in [0.29, 0.717) is 5.56 Å². The summed E-state index contributed by atoms with van der Waals surface area (Å²) in [6.07, 6.45) is 0. The van der Waals surface area contributed by atoms with Crippen molar-refractivity contribution in [2.45, 2.75) is 6.92 Å². The number of hydrogen-bond donors (Lipinski definition) is 1. The van der Waals surface area contributed by atoms with Crippen LogP contribution in [-0.2, 0) is 10.3 Å². The van der Waals surface area contributed by atoms with E-state index in [1.54, 1.807) is 0 Å². The third kappa shape index (κ3) is 2.89. The van der Waals surface area contributed by atoms with Crippen LogP contribution in [-0.4, -0.2) is 13.3 Å². The average Bonchev–Trinajstić information content (AvgIpc) is 1.99. The Balaban J connectivity index is 3.30. The molecule has 0 spiro atoms. The zero-order valence-electron chi connectivity index (χ0n) is 7.71. The highest BCUT2D eigenvalue weighted by molar-refractivity contribution is 7.84. The highest BCUT2D eigenvalue weighted by atomic mass is 32.2. The van der Waals surface area contributed by atoms with Crippen LogP contribution in [0.25, 0.3) is 0 Å². The lowest BCUT2D eigenvalue weighted by Gasteiger charge is -2.04. The van der Waals surface area contributed by atoms with Crippen molar-refractivity contribution < 1.29 is 17.5 Å². The van der Waals surface area contributed by atoms with E-state index in [0.717, 1.165) is 6.07 Å². The van der Waals surface area contributed by atoms with E-state index in [1.165, 1.54) is 19.1 Å². The maximum atomic E-state index is 10.6. The molecule has 8 heteroatoms. The summed E-state index contributed by atoms with van der Waals surface area (Å²) in [5.74, 6) is -0.387. The molecule has 0 saturated heterocycles. The molecule has 0 aliphatic carbocycles. The molecule has 0 aliphatic rings. The maximum Gasteiger partial charge on any atom is 0.380 e. The normalized spacial score (nSPS) is 11.1. The number of nitro benzene ring substituents is 1. The van der Waals surface area contributed by atoms with Gasteiger partial charge >= 0.3 is 16.0 Å². The number of para-hydroxylation sites is 1. The Kier molecular flexibility index (Phi) is 2.91. The van der Waals surface area contributed by atoms with Gasteiger partial charge in [-0.15, -0.1) is 0 Å². The van der Waals surface area contributed by atoms with E-state index in [4.69, 9.17) is 0 Å². The van der Waals surface area contributed by atoms with Crippen molar-refractivity contribution in [3.05, 3.63) is 33.9 Å². The van der Waals surface area contributed by atoms with Gasteiger partial charge in [0.1, 0.15) is 0 Å². The van der Waals surface area contributed by atoms with Crippen molar-refractivity contribution in [1.82, 2.24) is 0 Å². The fourth-order valence-electron chi connectivity index (χ4n) is 1.06. The molecular formula is C7H8N2O5S. The lowest BCUT2D eigenvalue weighted by atomic mass is 10.2. The first-order valence-corrected chi connectivity index (χ1v) is 5.24. The predicted octanol–water partition coefficient (Wildman–Crippen LogP) is 0.486. The van der Waals surface area contributed by atoms with Gasteiger partial charge in [-0.3, -0.25) is 10.1 Å². The van der Waals surface area contributed by atoms with Crippen LogP contribution in [0.4, 0.5) is 5.69 Å². The summed E-state index contributed by atoms with van der Waals surface area (Å²) in [5, 5.41) is 15.2. The van der Waals surface area contributed by atoms with E-state index in [9.17, 15) is 18.5 Å². The predicted molar refractivity (Wildman–Crippen MR) is 51.6 cm³/mol. The van der Waals surface area contributed by atoms with Crippen molar-refractivity contribution in [3.63, 3.8) is 0 Å². The summed E-state index contributed by atoms with van der Waals surface area (Å²) in [7, 11) is -4.25. The molecule has 0 heterocycles. The first kappa shape index (κ1) is 11.4. The van der Waals surface area contributed by atoms with E-state index in [-0.39, 0.29) is 5.75 Å². The van der Waals surface area contributed by atoms with Crippen LogP contribution in [0.15, 0.2) is 18.2 Å².